The molecule has 5 heterocycles. The SMILES string of the molecule is CN=C(N(C)C)N1CC2NC(=O)c3ccc(cc3)Nc3nc(nc(OCC(F)(F)F)n3)NCc3ccc(cc3)OCCCCCCNC(=O)C2C1. The largest absolute Gasteiger partial charge is 0.494 e. The highest BCUT2D eigenvalue weighted by molar-refractivity contribution is 5.95. The molecule has 14 nitrogen and oxygen atoms in total. The summed E-state index contributed by atoms with van der Waals surface area (Å²) in [5.41, 5.74) is 1.66. The molecule has 2 unspecified atom stereocenters. The van der Waals surface area contributed by atoms with Crippen LogP contribution in [-0.2, 0) is 11.3 Å². The Hall–Kier alpha value is -5.35. The first-order valence-corrected chi connectivity index (χ1v) is 16.7. The number of anilines is 3. The second-order valence-corrected chi connectivity index (χ2v) is 12.4. The first-order chi connectivity index (χ1) is 24.5. The molecule has 6 bridgehead atoms. The van der Waals surface area contributed by atoms with E-state index in [9.17, 15) is 22.8 Å². The molecule has 0 radical (unpaired) electrons. The van der Waals surface area contributed by atoms with Gasteiger partial charge in [0.1, 0.15) is 5.75 Å². The number of aliphatic imine (C=N–C) groups is 1. The Balaban J connectivity index is 1.37. The van der Waals surface area contributed by atoms with E-state index in [1.54, 1.807) is 31.3 Å². The maximum atomic E-state index is 13.4. The minimum atomic E-state index is -4.59. The number of guanidine groups is 1. The molecule has 3 aromatic rings. The van der Waals surface area contributed by atoms with Gasteiger partial charge in [-0.2, -0.15) is 28.1 Å². The highest BCUT2D eigenvalue weighted by Crippen LogP contribution is 2.23. The summed E-state index contributed by atoms with van der Waals surface area (Å²) in [7, 11) is 5.44. The number of ether oxygens (including phenoxy) is 2. The number of carbonyl (C=O) groups is 2. The van der Waals surface area contributed by atoms with Crippen molar-refractivity contribution in [3.63, 3.8) is 0 Å². The summed E-state index contributed by atoms with van der Waals surface area (Å²) >= 11 is 0. The molecule has 274 valence electrons. The van der Waals surface area contributed by atoms with Crippen molar-refractivity contribution in [2.75, 3.05) is 64.6 Å². The minimum absolute atomic E-state index is 0.00639. The molecular formula is C34H43F3N10O4. The number of carbonyl (C=O) groups excluding carboxylic acids is 2. The van der Waals surface area contributed by atoms with E-state index >= 15 is 0 Å². The van der Waals surface area contributed by atoms with Crippen LogP contribution in [-0.4, -0.2) is 109 Å². The Kier molecular flexibility index (Phi) is 12.3. The maximum Gasteiger partial charge on any atom is 0.422 e. The van der Waals surface area contributed by atoms with Crippen LogP contribution in [0, 0.1) is 5.92 Å². The van der Waals surface area contributed by atoms with Crippen molar-refractivity contribution >= 4 is 35.4 Å². The van der Waals surface area contributed by atoms with Crippen LogP contribution in [0.4, 0.5) is 30.8 Å². The summed E-state index contributed by atoms with van der Waals surface area (Å²) < 4.78 is 49.5. The van der Waals surface area contributed by atoms with Gasteiger partial charge >= 0.3 is 12.2 Å². The smallest absolute Gasteiger partial charge is 0.422 e. The van der Waals surface area contributed by atoms with Crippen molar-refractivity contribution in [3.8, 4) is 11.8 Å². The molecule has 2 amide bonds. The quantitative estimate of drug-likeness (QED) is 0.226. The van der Waals surface area contributed by atoms with E-state index in [2.05, 4.69) is 41.2 Å². The first kappa shape index (κ1) is 36.9. The molecule has 51 heavy (non-hydrogen) atoms. The zero-order valence-electron chi connectivity index (χ0n) is 28.8. The second kappa shape index (κ2) is 17.0. The molecule has 7 rings (SSSR count). The molecule has 4 aliphatic heterocycles. The Morgan fingerprint density at radius 2 is 1.69 bits per heavy atom. The molecule has 1 saturated heterocycles. The van der Waals surface area contributed by atoms with Crippen molar-refractivity contribution in [3.05, 3.63) is 59.7 Å². The Morgan fingerprint density at radius 3 is 2.39 bits per heavy atom. The fourth-order valence-electron chi connectivity index (χ4n) is 5.79. The van der Waals surface area contributed by atoms with Gasteiger partial charge in [-0.25, -0.2) is 0 Å². The highest BCUT2D eigenvalue weighted by Gasteiger charge is 2.40. The molecule has 4 N–H and O–H groups in total. The molecule has 17 heteroatoms. The molecule has 2 atom stereocenters. The predicted molar refractivity (Wildman–Crippen MR) is 185 cm³/mol. The number of amides is 2. The molecule has 4 aliphatic rings. The van der Waals surface area contributed by atoms with Crippen LogP contribution in [0.3, 0.4) is 0 Å². The number of nitrogens with zero attached hydrogens (tertiary/aromatic N) is 6. The number of aromatic nitrogens is 3. The van der Waals surface area contributed by atoms with Crippen LogP contribution in [0.5, 0.6) is 11.8 Å². The van der Waals surface area contributed by atoms with Crippen molar-refractivity contribution in [1.82, 2.24) is 35.4 Å². The number of hydrogen-bond acceptors (Lipinski definition) is 10. The molecule has 0 spiro atoms. The van der Waals surface area contributed by atoms with Crippen LogP contribution in [0.15, 0.2) is 53.5 Å². The van der Waals surface area contributed by atoms with Gasteiger partial charge in [0.2, 0.25) is 17.8 Å². The van der Waals surface area contributed by atoms with Crippen LogP contribution < -0.4 is 30.7 Å². The number of alkyl halides is 3. The van der Waals surface area contributed by atoms with Gasteiger partial charge < -0.3 is 40.5 Å². The molecular weight excluding hydrogens is 669 g/mol. The van der Waals surface area contributed by atoms with Crippen molar-refractivity contribution in [2.24, 2.45) is 10.9 Å². The monoisotopic (exact) mass is 712 g/mol. The summed E-state index contributed by atoms with van der Waals surface area (Å²) in [5.74, 6) is 0.327. The van der Waals surface area contributed by atoms with E-state index < -0.39 is 30.8 Å². The third-order valence-corrected chi connectivity index (χ3v) is 8.25. The number of benzene rings is 2. The van der Waals surface area contributed by atoms with E-state index in [1.807, 2.05) is 48.2 Å². The molecule has 1 aromatic heterocycles. The fourth-order valence-corrected chi connectivity index (χ4v) is 5.79. The summed E-state index contributed by atoms with van der Waals surface area (Å²) in [6.07, 6.45) is -1.07. The van der Waals surface area contributed by atoms with Gasteiger partial charge in [-0.3, -0.25) is 14.6 Å². The predicted octanol–water partition coefficient (Wildman–Crippen LogP) is 3.82. The van der Waals surface area contributed by atoms with Crippen molar-refractivity contribution in [1.29, 1.82) is 0 Å². The molecule has 2 aromatic carbocycles. The van der Waals surface area contributed by atoms with Crippen LogP contribution in [0.25, 0.3) is 0 Å². The van der Waals surface area contributed by atoms with Crippen LogP contribution >= 0.6 is 0 Å². The van der Waals surface area contributed by atoms with Crippen molar-refractivity contribution < 1.29 is 32.2 Å². The average Bonchev–Trinajstić information content (AvgIpc) is 3.50. The molecule has 0 saturated carbocycles. The van der Waals surface area contributed by atoms with Crippen LogP contribution in [0.1, 0.15) is 41.6 Å². The van der Waals surface area contributed by atoms with Gasteiger partial charge in [-0.15, -0.1) is 0 Å². The maximum absolute atomic E-state index is 13.4. The lowest BCUT2D eigenvalue weighted by Crippen LogP contribution is -2.46. The summed E-state index contributed by atoms with van der Waals surface area (Å²) in [6, 6.07) is 12.8. The Labute approximate surface area is 294 Å². The molecule has 0 aliphatic carbocycles. The lowest BCUT2D eigenvalue weighted by molar-refractivity contribution is -0.154. The summed E-state index contributed by atoms with van der Waals surface area (Å²) in [4.78, 5) is 47.4. The van der Waals surface area contributed by atoms with E-state index in [0.717, 1.165) is 31.2 Å². The van der Waals surface area contributed by atoms with Crippen LogP contribution in [0.2, 0.25) is 0 Å². The van der Waals surface area contributed by atoms with E-state index in [1.165, 1.54) is 0 Å². The zero-order chi connectivity index (χ0) is 36.4. The van der Waals surface area contributed by atoms with E-state index in [-0.39, 0.29) is 30.3 Å². The fraction of sp³-hybridized carbons (Fsp3) is 0.471. The first-order valence-electron chi connectivity index (χ1n) is 16.7. The Bertz CT molecular complexity index is 1660. The normalized spacial score (nSPS) is 19.5. The lowest BCUT2D eigenvalue weighted by atomic mass is 10.0. The third kappa shape index (κ3) is 10.8. The summed E-state index contributed by atoms with van der Waals surface area (Å²) in [5, 5.41) is 12.0. The van der Waals surface area contributed by atoms with E-state index in [0.29, 0.717) is 49.2 Å². The number of hydrogen-bond donors (Lipinski definition) is 4. The third-order valence-electron chi connectivity index (χ3n) is 8.25. The second-order valence-electron chi connectivity index (χ2n) is 12.4. The van der Waals surface area contributed by atoms with Gasteiger partial charge in [0.15, 0.2) is 12.6 Å². The molecule has 1 fully saturated rings. The van der Waals surface area contributed by atoms with Gasteiger partial charge in [0.05, 0.1) is 18.6 Å². The van der Waals surface area contributed by atoms with Crippen molar-refractivity contribution in [2.45, 2.75) is 44.4 Å². The number of halogens is 3. The van der Waals surface area contributed by atoms with Gasteiger partial charge in [-0.1, -0.05) is 25.0 Å². The Morgan fingerprint density at radius 1 is 0.961 bits per heavy atom. The number of nitrogens with one attached hydrogen (secondary N) is 4. The highest BCUT2D eigenvalue weighted by atomic mass is 19.4. The lowest BCUT2D eigenvalue weighted by Gasteiger charge is -2.25. The number of fused-ring (bicyclic) bond motifs is 2. The average molecular weight is 713 g/mol. The number of rotatable bonds is 2. The minimum Gasteiger partial charge on any atom is -0.494 e. The van der Waals surface area contributed by atoms with Gasteiger partial charge in [-0.05, 0) is 54.8 Å². The van der Waals surface area contributed by atoms with Gasteiger partial charge in [0, 0.05) is 58.6 Å². The van der Waals surface area contributed by atoms with Gasteiger partial charge in [0.25, 0.3) is 5.91 Å². The zero-order valence-corrected chi connectivity index (χ0v) is 28.8. The number of likely N-dealkylation sites (tertiary alicyclic amines) is 1. The topological polar surface area (TPSA) is 158 Å². The summed E-state index contributed by atoms with van der Waals surface area (Å²) in [6.45, 7) is 0.542. The van der Waals surface area contributed by atoms with E-state index in [4.69, 9.17) is 9.47 Å². The standard InChI is InChI=1S/C34H43F3N10O4/c1-38-33(46(2)3)47-19-26-27(20-47)42-28(48)23-10-12-24(13-11-23)41-31-43-30(44-32(45-31)51-21-34(35,36)37)40-18-22-8-14-25(15-9-22)50-17-7-5-4-6-16-39-29(26)49/h8-15,26-27H,4-7,16-21H2,1-3H3,(H,39,49)(H,42,48)(H2,40,41,43,44,45).